The van der Waals surface area contributed by atoms with Gasteiger partial charge in [-0.15, -0.1) is 0 Å². The maximum atomic E-state index is 5.46. The fourth-order valence-electron chi connectivity index (χ4n) is 0.671. The van der Waals surface area contributed by atoms with Crippen LogP contribution in [-0.2, 0) is 17.1 Å². The van der Waals surface area contributed by atoms with E-state index in [9.17, 15) is 0 Å². The van der Waals surface area contributed by atoms with E-state index in [1.807, 2.05) is 54.6 Å². The molecule has 0 saturated heterocycles. The summed E-state index contributed by atoms with van der Waals surface area (Å²) in [5.41, 5.74) is 0. The van der Waals surface area contributed by atoms with Gasteiger partial charge in [0.15, 0.2) is 0 Å². The summed E-state index contributed by atoms with van der Waals surface area (Å²) in [6.07, 6.45) is 0. The van der Waals surface area contributed by atoms with Gasteiger partial charge in [-0.25, -0.2) is 12.1 Å². The van der Waals surface area contributed by atoms with Crippen molar-refractivity contribution in [2.24, 2.45) is 0 Å². The van der Waals surface area contributed by atoms with Gasteiger partial charge in [0.1, 0.15) is 0 Å². The average molecular weight is 237 g/mol. The minimum Gasteiger partial charge on any atom is -0.748 e. The summed E-state index contributed by atoms with van der Waals surface area (Å²) in [5, 5.41) is 0.815. The summed E-state index contributed by atoms with van der Waals surface area (Å²) >= 11 is 5.46. The zero-order chi connectivity index (χ0) is 7.94. The molecule has 0 atom stereocenters. The topological polar surface area (TPSA) is 0 Å². The zero-order valence-electron chi connectivity index (χ0n) is 6.43. The van der Waals surface area contributed by atoms with Crippen LogP contribution in [0.5, 0.6) is 0 Å². The predicted octanol–water partition coefficient (Wildman–Crippen LogP) is 4.10. The molecule has 78 valence electrons. The van der Waals surface area contributed by atoms with Crippen LogP contribution in [0.4, 0.5) is 0 Å². The predicted molar refractivity (Wildman–Crippen MR) is 55.8 cm³/mol. The van der Waals surface area contributed by atoms with E-state index in [4.69, 9.17) is 11.6 Å². The van der Waals surface area contributed by atoms with Crippen molar-refractivity contribution in [3.63, 3.8) is 0 Å². The Kier molecular flexibility index (Phi) is 11.1. The minimum absolute atomic E-state index is 0. The van der Waals surface area contributed by atoms with E-state index in [1.165, 1.54) is 0 Å². The van der Waals surface area contributed by atoms with Crippen molar-refractivity contribution in [3.8, 4) is 0 Å². The van der Waals surface area contributed by atoms with Crippen molar-refractivity contribution in [2.75, 3.05) is 0 Å². The molecule has 0 N–H and O–H groups in total. The van der Waals surface area contributed by atoms with Crippen LogP contribution >= 0.6 is 11.6 Å². The van der Waals surface area contributed by atoms with Gasteiger partial charge < -0.3 is 30.3 Å². The van der Waals surface area contributed by atoms with Crippen LogP contribution in [0, 0.1) is 0 Å². The third kappa shape index (κ3) is 7.86. The molecule has 0 unspecified atom stereocenters. The van der Waals surface area contributed by atoms with Gasteiger partial charge in [0, 0.05) is 17.1 Å². The van der Waals surface area contributed by atoms with E-state index in [0.717, 1.165) is 5.02 Å². The van der Waals surface area contributed by atoms with Crippen molar-refractivity contribution >= 4 is 11.6 Å². The second-order valence-electron chi connectivity index (χ2n) is 2.07. The van der Waals surface area contributed by atoms with Crippen molar-refractivity contribution in [3.05, 3.63) is 59.6 Å². The molecule has 0 aliphatic rings. The van der Waals surface area contributed by atoms with Crippen LogP contribution in [0.2, 0.25) is 5.02 Å². The molecule has 0 nitrogen and oxygen atoms in total. The summed E-state index contributed by atoms with van der Waals surface area (Å²) in [4.78, 5) is 0. The first-order valence-electron chi connectivity index (χ1n) is 3.43. The number of halogens is 1. The molecule has 0 spiro atoms. The summed E-state index contributed by atoms with van der Waals surface area (Å²) in [7, 11) is 0. The van der Waals surface area contributed by atoms with Gasteiger partial charge in [-0.3, -0.25) is 0 Å². The number of rotatable bonds is 0. The molecule has 0 amide bonds. The van der Waals surface area contributed by atoms with Crippen molar-refractivity contribution in [1.82, 2.24) is 0 Å². The fourth-order valence-corrected chi connectivity index (χ4v) is 0.817. The van der Waals surface area contributed by atoms with Gasteiger partial charge in [0.2, 0.25) is 0 Å². The Hall–Kier alpha value is -0.491. The summed E-state index contributed by atoms with van der Waals surface area (Å²) in [5.74, 6) is 0. The van der Waals surface area contributed by atoms with E-state index >= 15 is 0 Å². The summed E-state index contributed by atoms with van der Waals surface area (Å²) in [6.45, 7) is 0. The van der Waals surface area contributed by atoms with E-state index in [1.54, 1.807) is 0 Å². The Morgan fingerprint density at radius 3 is 1.31 bits per heavy atom. The molecular formula is C11H13ClFe-6. The van der Waals surface area contributed by atoms with Gasteiger partial charge in [-0.05, 0) is 0 Å². The second-order valence-corrected chi connectivity index (χ2v) is 2.50. The van der Waals surface area contributed by atoms with Crippen LogP contribution in [0.3, 0.4) is 0 Å². The molecule has 13 heavy (non-hydrogen) atoms. The minimum atomic E-state index is 0. The fraction of sp³-hybridized carbons (Fsp3) is 0.0909. The van der Waals surface area contributed by atoms with Gasteiger partial charge >= 0.3 is 0 Å². The van der Waals surface area contributed by atoms with Crippen LogP contribution in [0.25, 0.3) is 0 Å². The molecule has 0 aliphatic carbocycles. The van der Waals surface area contributed by atoms with Gasteiger partial charge in [0.05, 0.1) is 0 Å². The van der Waals surface area contributed by atoms with Gasteiger partial charge in [-0.1, -0.05) is 12.4 Å². The first kappa shape index (κ1) is 15.0. The third-order valence-corrected chi connectivity index (χ3v) is 1.43. The Morgan fingerprint density at radius 1 is 0.846 bits per heavy atom. The molecule has 0 bridgehead atoms. The van der Waals surface area contributed by atoms with Gasteiger partial charge in [-0.2, -0.15) is 23.7 Å². The largest absolute Gasteiger partial charge is 0.748 e. The normalized spacial score (nSPS) is 7.15. The molecular weight excluding hydrogens is 223 g/mol. The Labute approximate surface area is 95.7 Å². The average Bonchev–Trinajstić information content (AvgIpc) is 2.57. The van der Waals surface area contributed by atoms with E-state index in [2.05, 4.69) is 0 Å². The first-order chi connectivity index (χ1) is 5.39. The molecule has 2 aromatic rings. The van der Waals surface area contributed by atoms with E-state index in [-0.39, 0.29) is 24.5 Å². The van der Waals surface area contributed by atoms with Crippen molar-refractivity contribution < 1.29 is 17.1 Å². The second kappa shape index (κ2) is 9.60. The summed E-state index contributed by atoms with van der Waals surface area (Å²) in [6, 6.07) is 17.5. The van der Waals surface area contributed by atoms with Crippen LogP contribution in [-0.4, -0.2) is 0 Å². The van der Waals surface area contributed by atoms with Gasteiger partial charge in [0.25, 0.3) is 0 Å². The molecule has 0 aliphatic heterocycles. The Balaban J connectivity index is 0. The molecule has 0 aromatic heterocycles. The van der Waals surface area contributed by atoms with Crippen molar-refractivity contribution in [2.45, 2.75) is 7.43 Å². The number of hydrogen-bond acceptors (Lipinski definition) is 0. The van der Waals surface area contributed by atoms with E-state index < -0.39 is 0 Å². The van der Waals surface area contributed by atoms with Crippen molar-refractivity contribution in [1.29, 1.82) is 0 Å². The monoisotopic (exact) mass is 236 g/mol. The molecule has 2 rings (SSSR count). The maximum Gasteiger partial charge on any atom is 0 e. The third-order valence-electron chi connectivity index (χ3n) is 1.18. The molecule has 0 fully saturated rings. The van der Waals surface area contributed by atoms with Crippen LogP contribution in [0.15, 0.2) is 54.6 Å². The molecule has 0 heterocycles. The zero-order valence-corrected chi connectivity index (χ0v) is 8.29. The standard InChI is InChI=1S/C5H4Cl.C5H5.CH4.Fe/c6-5-3-1-2-4-5;1-2-4-5-3-1;;/h1-4H;1-5H;1H4;/q-1;-5;;. The molecule has 0 saturated carbocycles. The quantitative estimate of drug-likeness (QED) is 0.477. The number of hydrogen-bond donors (Lipinski definition) is 0. The van der Waals surface area contributed by atoms with E-state index in [0.29, 0.717) is 0 Å². The first-order valence-corrected chi connectivity index (χ1v) is 3.81. The Bertz CT molecular complexity index is 228. The van der Waals surface area contributed by atoms with Crippen LogP contribution in [0.1, 0.15) is 7.43 Å². The Morgan fingerprint density at radius 2 is 1.15 bits per heavy atom. The SMILES string of the molecule is C.Cl[c-]1cccc1.[Fe].[cH-]1[cH-][cH-][cH-][cH-]1. The molecule has 0 radical (unpaired) electrons. The van der Waals surface area contributed by atoms with Crippen LogP contribution < -0.4 is 0 Å². The molecule has 2 heteroatoms. The smallest absolute Gasteiger partial charge is 0 e. The molecule has 2 aromatic carbocycles. The summed E-state index contributed by atoms with van der Waals surface area (Å²) < 4.78 is 0. The maximum absolute atomic E-state index is 5.46.